The number of ether oxygens (including phenoxy) is 2. The van der Waals surface area contributed by atoms with Crippen molar-refractivity contribution in [2.24, 2.45) is 0 Å². The molecule has 4 nitrogen and oxygen atoms in total. The van der Waals surface area contributed by atoms with E-state index in [2.05, 4.69) is 24.3 Å². The highest BCUT2D eigenvalue weighted by Gasteiger charge is 2.15. The number of benzene rings is 2. The Morgan fingerprint density at radius 1 is 1.11 bits per heavy atom. The zero-order valence-corrected chi connectivity index (χ0v) is 18.0. The van der Waals surface area contributed by atoms with Gasteiger partial charge in [0, 0.05) is 12.1 Å². The lowest BCUT2D eigenvalue weighted by molar-refractivity contribution is 0.266. The third-order valence-corrected chi connectivity index (χ3v) is 4.71. The number of rotatable bonds is 11. The first-order valence-electron chi connectivity index (χ1n) is 9.28. The first-order valence-corrected chi connectivity index (χ1v) is 10.0. The predicted molar refractivity (Wildman–Crippen MR) is 113 cm³/mol. The van der Waals surface area contributed by atoms with Crippen LogP contribution in [0.15, 0.2) is 30.3 Å². The Balaban J connectivity index is 2.07. The fourth-order valence-corrected chi connectivity index (χ4v) is 3.20. The quantitative estimate of drug-likeness (QED) is 0.501. The summed E-state index contributed by atoms with van der Waals surface area (Å²) in [6.07, 6.45) is 1.06. The average Bonchev–Trinajstić information content (AvgIpc) is 2.62. The lowest BCUT2D eigenvalue weighted by Crippen LogP contribution is -2.21. The van der Waals surface area contributed by atoms with Gasteiger partial charge in [0.05, 0.1) is 16.7 Å². The van der Waals surface area contributed by atoms with Gasteiger partial charge >= 0.3 is 0 Å². The van der Waals surface area contributed by atoms with Crippen LogP contribution < -0.4 is 14.8 Å². The van der Waals surface area contributed by atoms with E-state index in [0.717, 1.165) is 25.1 Å². The molecule has 0 saturated heterocycles. The van der Waals surface area contributed by atoms with Gasteiger partial charge in [-0.1, -0.05) is 29.3 Å². The van der Waals surface area contributed by atoms with E-state index in [1.165, 1.54) is 6.07 Å². The van der Waals surface area contributed by atoms with Gasteiger partial charge in [0.25, 0.3) is 0 Å². The van der Waals surface area contributed by atoms with E-state index in [9.17, 15) is 4.39 Å². The maximum Gasteiger partial charge on any atom is 0.180 e. The summed E-state index contributed by atoms with van der Waals surface area (Å²) in [7, 11) is 4.11. The summed E-state index contributed by atoms with van der Waals surface area (Å²) in [6, 6.07) is 8.26. The number of nitrogens with one attached hydrogen (secondary N) is 1. The molecular weight excluding hydrogens is 402 g/mol. The molecule has 0 spiro atoms. The highest BCUT2D eigenvalue weighted by atomic mass is 35.5. The molecule has 0 aliphatic rings. The maximum atomic E-state index is 14.0. The molecule has 2 rings (SSSR count). The van der Waals surface area contributed by atoms with Crippen LogP contribution in [0.4, 0.5) is 4.39 Å². The van der Waals surface area contributed by atoms with Crippen LogP contribution in [-0.2, 0) is 13.2 Å². The van der Waals surface area contributed by atoms with Crippen molar-refractivity contribution in [2.45, 2.75) is 26.5 Å². The molecular formula is C21H27Cl2FN2O2. The van der Waals surface area contributed by atoms with Gasteiger partial charge in [-0.3, -0.25) is 0 Å². The molecule has 2 aromatic rings. The fraction of sp³-hybridized carbons (Fsp3) is 0.429. The van der Waals surface area contributed by atoms with Crippen LogP contribution in [0.1, 0.15) is 24.5 Å². The van der Waals surface area contributed by atoms with Gasteiger partial charge in [0.2, 0.25) is 0 Å². The number of halogens is 3. The van der Waals surface area contributed by atoms with Crippen LogP contribution >= 0.6 is 23.2 Å². The second-order valence-corrected chi connectivity index (χ2v) is 7.47. The van der Waals surface area contributed by atoms with E-state index in [4.69, 9.17) is 32.7 Å². The molecule has 0 radical (unpaired) electrons. The summed E-state index contributed by atoms with van der Waals surface area (Å²) >= 11 is 12.5. The zero-order chi connectivity index (χ0) is 20.5. The maximum absolute atomic E-state index is 14.0. The van der Waals surface area contributed by atoms with Crippen molar-refractivity contribution in [1.82, 2.24) is 10.2 Å². The third-order valence-electron chi connectivity index (χ3n) is 4.08. The minimum atomic E-state index is -0.417. The summed E-state index contributed by atoms with van der Waals surface area (Å²) in [5.74, 6) is 0.506. The van der Waals surface area contributed by atoms with Crippen LogP contribution in [0.5, 0.6) is 11.5 Å². The summed E-state index contributed by atoms with van der Waals surface area (Å²) in [5.41, 5.74) is 1.28. The van der Waals surface area contributed by atoms with E-state index < -0.39 is 5.82 Å². The van der Waals surface area contributed by atoms with Gasteiger partial charge < -0.3 is 19.7 Å². The first-order chi connectivity index (χ1) is 13.4. The van der Waals surface area contributed by atoms with Crippen molar-refractivity contribution in [3.8, 4) is 11.5 Å². The Hall–Kier alpha value is -1.53. The molecule has 1 N–H and O–H groups in total. The van der Waals surface area contributed by atoms with Crippen LogP contribution in [0.3, 0.4) is 0 Å². The van der Waals surface area contributed by atoms with Crippen molar-refractivity contribution in [1.29, 1.82) is 0 Å². The van der Waals surface area contributed by atoms with Crippen molar-refractivity contribution in [2.75, 3.05) is 33.8 Å². The summed E-state index contributed by atoms with van der Waals surface area (Å²) < 4.78 is 25.5. The van der Waals surface area contributed by atoms with E-state index in [1.807, 2.05) is 19.1 Å². The minimum Gasteiger partial charge on any atom is -0.490 e. The molecule has 0 heterocycles. The van der Waals surface area contributed by atoms with Crippen LogP contribution in [0, 0.1) is 5.82 Å². The van der Waals surface area contributed by atoms with Gasteiger partial charge in [0.1, 0.15) is 12.4 Å². The fourth-order valence-electron chi connectivity index (χ4n) is 2.69. The Morgan fingerprint density at radius 3 is 2.57 bits per heavy atom. The highest BCUT2D eigenvalue weighted by Crippen LogP contribution is 2.37. The molecule has 0 saturated carbocycles. The second kappa shape index (κ2) is 11.5. The average molecular weight is 429 g/mol. The van der Waals surface area contributed by atoms with Gasteiger partial charge in [-0.2, -0.15) is 0 Å². The van der Waals surface area contributed by atoms with Crippen molar-refractivity contribution in [3.63, 3.8) is 0 Å². The smallest absolute Gasteiger partial charge is 0.180 e. The highest BCUT2D eigenvalue weighted by molar-refractivity contribution is 6.32. The minimum absolute atomic E-state index is 0.0343. The Bertz CT molecular complexity index is 752. The van der Waals surface area contributed by atoms with E-state index in [0.29, 0.717) is 34.7 Å². The SMILES string of the molecule is CCOc1cc(CNCCCN(C)C)cc(Cl)c1OCc1c(F)cccc1Cl. The standard InChI is InChI=1S/C21H27Cl2FN2O2/c1-4-27-20-12-15(13-25-9-6-10-26(2)3)11-18(23)21(20)28-14-16-17(22)7-5-8-19(16)24/h5,7-8,11-12,25H,4,6,9-10,13-14H2,1-3H3. The van der Waals surface area contributed by atoms with E-state index >= 15 is 0 Å². The molecule has 0 amide bonds. The summed E-state index contributed by atoms with van der Waals surface area (Å²) in [6.45, 7) is 4.93. The second-order valence-electron chi connectivity index (χ2n) is 6.66. The summed E-state index contributed by atoms with van der Waals surface area (Å²) in [4.78, 5) is 2.15. The Morgan fingerprint density at radius 2 is 1.89 bits per heavy atom. The molecule has 0 unspecified atom stereocenters. The molecule has 2 aromatic carbocycles. The van der Waals surface area contributed by atoms with Gasteiger partial charge in [-0.05, 0) is 70.4 Å². The van der Waals surface area contributed by atoms with Crippen molar-refractivity contribution >= 4 is 23.2 Å². The molecule has 0 aromatic heterocycles. The molecule has 154 valence electrons. The Kier molecular flexibility index (Phi) is 9.32. The van der Waals surface area contributed by atoms with Crippen molar-refractivity contribution < 1.29 is 13.9 Å². The molecule has 28 heavy (non-hydrogen) atoms. The lowest BCUT2D eigenvalue weighted by Gasteiger charge is -2.16. The zero-order valence-electron chi connectivity index (χ0n) is 16.5. The van der Waals surface area contributed by atoms with E-state index in [-0.39, 0.29) is 12.2 Å². The van der Waals surface area contributed by atoms with Crippen molar-refractivity contribution in [3.05, 3.63) is 57.3 Å². The van der Waals surface area contributed by atoms with Gasteiger partial charge in [-0.15, -0.1) is 0 Å². The van der Waals surface area contributed by atoms with Crippen LogP contribution in [-0.4, -0.2) is 38.7 Å². The predicted octanol–water partition coefficient (Wildman–Crippen LogP) is 5.15. The molecule has 0 aliphatic heterocycles. The van der Waals surface area contributed by atoms with Crippen LogP contribution in [0.2, 0.25) is 10.0 Å². The Labute approximate surface area is 176 Å². The van der Waals surface area contributed by atoms with Gasteiger partial charge in [-0.25, -0.2) is 4.39 Å². The molecule has 0 atom stereocenters. The number of hydrogen-bond acceptors (Lipinski definition) is 4. The molecule has 0 bridgehead atoms. The number of nitrogens with zero attached hydrogens (tertiary/aromatic N) is 1. The summed E-state index contributed by atoms with van der Waals surface area (Å²) in [5, 5.41) is 4.13. The third kappa shape index (κ3) is 6.82. The lowest BCUT2D eigenvalue weighted by atomic mass is 10.2. The molecule has 0 aliphatic carbocycles. The monoisotopic (exact) mass is 428 g/mol. The topological polar surface area (TPSA) is 33.7 Å². The van der Waals surface area contributed by atoms with Crippen LogP contribution in [0.25, 0.3) is 0 Å². The number of hydrogen-bond donors (Lipinski definition) is 1. The largest absolute Gasteiger partial charge is 0.490 e. The van der Waals surface area contributed by atoms with Gasteiger partial charge in [0.15, 0.2) is 11.5 Å². The first kappa shape index (κ1) is 22.8. The normalized spacial score (nSPS) is 11.1. The van der Waals surface area contributed by atoms with E-state index in [1.54, 1.807) is 12.1 Å². The molecule has 0 fully saturated rings. The molecule has 7 heteroatoms.